The summed E-state index contributed by atoms with van der Waals surface area (Å²) in [7, 11) is 0. The van der Waals surface area contributed by atoms with Gasteiger partial charge in [-0.05, 0) is 36.7 Å². The Labute approximate surface area is 142 Å². The predicted molar refractivity (Wildman–Crippen MR) is 86.7 cm³/mol. The third-order valence-electron chi connectivity index (χ3n) is 3.50. The molecule has 3 amide bonds. The highest BCUT2D eigenvalue weighted by Gasteiger charge is 2.34. The van der Waals surface area contributed by atoms with Gasteiger partial charge in [-0.25, -0.2) is 4.79 Å². The summed E-state index contributed by atoms with van der Waals surface area (Å²) in [6.07, 6.45) is 1.21. The minimum absolute atomic E-state index is 0.105. The van der Waals surface area contributed by atoms with Crippen LogP contribution >= 0.6 is 11.8 Å². The number of thioether (sulfide) groups is 1. The van der Waals surface area contributed by atoms with Gasteiger partial charge in [0.15, 0.2) is 0 Å². The van der Waals surface area contributed by atoms with Gasteiger partial charge in [0, 0.05) is 24.5 Å². The number of para-hydroxylation sites is 1. The van der Waals surface area contributed by atoms with E-state index >= 15 is 0 Å². The molecule has 0 aliphatic carbocycles. The quantitative estimate of drug-likeness (QED) is 0.793. The van der Waals surface area contributed by atoms with E-state index < -0.39 is 17.6 Å². The molecule has 0 spiro atoms. The van der Waals surface area contributed by atoms with Crippen molar-refractivity contribution in [2.75, 3.05) is 24.2 Å². The minimum Gasteiger partial charge on any atom is -0.337 e. The van der Waals surface area contributed by atoms with E-state index in [1.807, 2.05) is 6.07 Å². The van der Waals surface area contributed by atoms with Crippen LogP contribution in [0.25, 0.3) is 0 Å². The van der Waals surface area contributed by atoms with Crippen LogP contribution in [0.3, 0.4) is 0 Å². The maximum absolute atomic E-state index is 12.3. The first kappa shape index (κ1) is 18.4. The molecule has 0 bridgehead atoms. The van der Waals surface area contributed by atoms with Crippen LogP contribution in [0.2, 0.25) is 0 Å². The van der Waals surface area contributed by atoms with E-state index in [0.717, 1.165) is 0 Å². The van der Waals surface area contributed by atoms with Crippen molar-refractivity contribution in [2.45, 2.75) is 24.4 Å². The lowest BCUT2D eigenvalue weighted by Gasteiger charge is -2.24. The second kappa shape index (κ2) is 8.27. The molecular formula is C15H18F3N3O2S. The van der Waals surface area contributed by atoms with E-state index in [1.54, 1.807) is 24.3 Å². The summed E-state index contributed by atoms with van der Waals surface area (Å²) in [6, 6.07) is 7.75. The van der Waals surface area contributed by atoms with E-state index in [4.69, 9.17) is 0 Å². The average Bonchev–Trinajstić information content (AvgIpc) is 3.01. The number of halogens is 3. The molecule has 2 N–H and O–H groups in total. The van der Waals surface area contributed by atoms with Crippen LogP contribution in [-0.4, -0.2) is 47.2 Å². The zero-order valence-corrected chi connectivity index (χ0v) is 13.6. The van der Waals surface area contributed by atoms with Gasteiger partial charge in [-0.1, -0.05) is 18.2 Å². The Morgan fingerprint density at radius 1 is 1.25 bits per heavy atom. The number of alkyl halides is 3. The largest absolute Gasteiger partial charge is 0.441 e. The molecule has 1 aromatic rings. The summed E-state index contributed by atoms with van der Waals surface area (Å²) in [5.41, 5.74) is -3.67. The Morgan fingerprint density at radius 2 is 1.96 bits per heavy atom. The lowest BCUT2D eigenvalue weighted by atomic mass is 10.2. The Bertz CT molecular complexity index is 569. The SMILES string of the molecule is O=C(Nc1ccccc1)[C@@H]1CCCN1C(=O)NCCSC(F)(F)F. The Morgan fingerprint density at radius 3 is 2.62 bits per heavy atom. The molecule has 2 rings (SSSR count). The summed E-state index contributed by atoms with van der Waals surface area (Å²) < 4.78 is 36.1. The Kier molecular flexibility index (Phi) is 6.36. The highest BCUT2D eigenvalue weighted by atomic mass is 32.2. The number of carbonyl (C=O) groups excluding carboxylic acids is 2. The molecule has 24 heavy (non-hydrogen) atoms. The molecule has 0 saturated carbocycles. The smallest absolute Gasteiger partial charge is 0.337 e. The van der Waals surface area contributed by atoms with Gasteiger partial charge in [0.2, 0.25) is 5.91 Å². The van der Waals surface area contributed by atoms with Crippen molar-refractivity contribution in [3.05, 3.63) is 30.3 Å². The molecule has 1 atom stereocenters. The van der Waals surface area contributed by atoms with Crippen LogP contribution < -0.4 is 10.6 Å². The van der Waals surface area contributed by atoms with Gasteiger partial charge in [0.05, 0.1) is 0 Å². The van der Waals surface area contributed by atoms with E-state index in [2.05, 4.69) is 10.6 Å². The molecular weight excluding hydrogens is 343 g/mol. The topological polar surface area (TPSA) is 61.4 Å². The Hall–Kier alpha value is -1.90. The van der Waals surface area contributed by atoms with Gasteiger partial charge in [-0.3, -0.25) is 4.79 Å². The van der Waals surface area contributed by atoms with E-state index in [-0.39, 0.29) is 30.0 Å². The predicted octanol–water partition coefficient (Wildman–Crippen LogP) is 3.05. The van der Waals surface area contributed by atoms with Gasteiger partial charge in [0.1, 0.15) is 6.04 Å². The van der Waals surface area contributed by atoms with Crippen LogP contribution in [0.4, 0.5) is 23.7 Å². The monoisotopic (exact) mass is 361 g/mol. The first-order valence-corrected chi connectivity index (χ1v) is 8.46. The number of rotatable bonds is 5. The molecule has 0 unspecified atom stereocenters. The molecule has 1 heterocycles. The number of urea groups is 1. The van der Waals surface area contributed by atoms with Gasteiger partial charge in [-0.2, -0.15) is 13.2 Å². The normalized spacial score (nSPS) is 17.6. The second-order valence-corrected chi connectivity index (χ2v) is 6.39. The second-order valence-electron chi connectivity index (χ2n) is 5.23. The molecule has 1 saturated heterocycles. The zero-order valence-electron chi connectivity index (χ0n) is 12.8. The van der Waals surface area contributed by atoms with Gasteiger partial charge >= 0.3 is 11.5 Å². The lowest BCUT2D eigenvalue weighted by Crippen LogP contribution is -2.48. The molecule has 5 nitrogen and oxygen atoms in total. The van der Waals surface area contributed by atoms with E-state index in [1.165, 1.54) is 4.90 Å². The molecule has 0 radical (unpaired) electrons. The van der Waals surface area contributed by atoms with Crippen molar-refractivity contribution < 1.29 is 22.8 Å². The first-order chi connectivity index (χ1) is 11.4. The maximum atomic E-state index is 12.3. The highest BCUT2D eigenvalue weighted by molar-refractivity contribution is 8.00. The Balaban J connectivity index is 1.83. The number of nitrogens with zero attached hydrogens (tertiary/aromatic N) is 1. The van der Waals surface area contributed by atoms with Crippen LogP contribution in [0.5, 0.6) is 0 Å². The van der Waals surface area contributed by atoms with Crippen LogP contribution in [0, 0.1) is 0 Å². The number of likely N-dealkylation sites (tertiary alicyclic amines) is 1. The van der Waals surface area contributed by atoms with Crippen molar-refractivity contribution in [2.24, 2.45) is 0 Å². The third kappa shape index (κ3) is 5.63. The molecule has 9 heteroatoms. The molecule has 1 fully saturated rings. The van der Waals surface area contributed by atoms with Gasteiger partial charge < -0.3 is 15.5 Å². The van der Waals surface area contributed by atoms with Crippen molar-refractivity contribution in [3.8, 4) is 0 Å². The van der Waals surface area contributed by atoms with Crippen molar-refractivity contribution in [1.82, 2.24) is 10.2 Å². The fraction of sp³-hybridized carbons (Fsp3) is 0.467. The van der Waals surface area contributed by atoms with Crippen LogP contribution in [-0.2, 0) is 4.79 Å². The highest BCUT2D eigenvalue weighted by Crippen LogP contribution is 2.29. The summed E-state index contributed by atoms with van der Waals surface area (Å²) >= 11 is -0.186. The number of amides is 3. The summed E-state index contributed by atoms with van der Waals surface area (Å²) in [5.74, 6) is -0.553. The lowest BCUT2D eigenvalue weighted by molar-refractivity contribution is -0.119. The number of nitrogens with one attached hydrogen (secondary N) is 2. The van der Waals surface area contributed by atoms with Crippen molar-refractivity contribution in [1.29, 1.82) is 0 Å². The summed E-state index contributed by atoms with van der Waals surface area (Å²) in [4.78, 5) is 25.8. The number of carbonyl (C=O) groups is 2. The third-order valence-corrected chi connectivity index (χ3v) is 4.24. The molecule has 1 aliphatic heterocycles. The fourth-order valence-corrected chi connectivity index (χ4v) is 2.89. The number of hydrogen-bond acceptors (Lipinski definition) is 3. The maximum Gasteiger partial charge on any atom is 0.441 e. The average molecular weight is 361 g/mol. The van der Waals surface area contributed by atoms with Gasteiger partial charge in [-0.15, -0.1) is 0 Å². The minimum atomic E-state index is -4.31. The number of hydrogen-bond donors (Lipinski definition) is 2. The van der Waals surface area contributed by atoms with E-state index in [0.29, 0.717) is 25.1 Å². The van der Waals surface area contributed by atoms with Gasteiger partial charge in [0.25, 0.3) is 0 Å². The van der Waals surface area contributed by atoms with Crippen molar-refractivity contribution in [3.63, 3.8) is 0 Å². The summed E-state index contributed by atoms with van der Waals surface area (Å²) in [5, 5.41) is 5.17. The fourth-order valence-electron chi connectivity index (χ4n) is 2.46. The van der Waals surface area contributed by atoms with E-state index in [9.17, 15) is 22.8 Å². The van der Waals surface area contributed by atoms with Crippen molar-refractivity contribution >= 4 is 29.4 Å². The van der Waals surface area contributed by atoms with Crippen LogP contribution in [0.1, 0.15) is 12.8 Å². The molecule has 132 valence electrons. The standard InChI is InChI=1S/C15H18F3N3O2S/c16-15(17,18)24-10-8-19-14(23)21-9-4-7-12(21)13(22)20-11-5-2-1-3-6-11/h1-3,5-6,12H,4,7-10H2,(H,19,23)(H,20,22)/t12-/m0/s1. The number of benzene rings is 1. The zero-order chi connectivity index (χ0) is 17.6. The molecule has 1 aliphatic rings. The molecule has 1 aromatic carbocycles. The molecule has 0 aromatic heterocycles. The summed E-state index contributed by atoms with van der Waals surface area (Å²) in [6.45, 7) is 0.303. The van der Waals surface area contributed by atoms with Crippen LogP contribution in [0.15, 0.2) is 30.3 Å². The first-order valence-electron chi connectivity index (χ1n) is 7.48. The number of anilines is 1.